The molecule has 206 valence electrons. The number of methoxy groups -OCH3 is 1. The maximum Gasteiger partial charge on any atom is 0.421 e. The molecule has 0 aliphatic carbocycles. The van der Waals surface area contributed by atoms with Crippen molar-refractivity contribution in [3.05, 3.63) is 36.4 Å². The average molecular weight is 541 g/mol. The molecule has 0 saturated carbocycles. The Morgan fingerprint density at radius 2 is 1.87 bits per heavy atom. The number of carbonyl (C=O) groups excluding carboxylic acids is 1. The second-order valence-electron chi connectivity index (χ2n) is 10.1. The van der Waals surface area contributed by atoms with Gasteiger partial charge < -0.3 is 24.8 Å². The number of pyridine rings is 1. The zero-order chi connectivity index (χ0) is 28.0. The van der Waals surface area contributed by atoms with Gasteiger partial charge >= 0.3 is 12.3 Å². The Morgan fingerprint density at radius 1 is 1.16 bits per heavy atom. The quantitative estimate of drug-likeness (QED) is 0.468. The maximum atomic E-state index is 14.7. The van der Waals surface area contributed by atoms with Crippen LogP contribution in [0.5, 0.6) is 5.75 Å². The van der Waals surface area contributed by atoms with Crippen molar-refractivity contribution in [3.8, 4) is 17.1 Å². The van der Waals surface area contributed by atoms with Crippen LogP contribution in [0.2, 0.25) is 0 Å². The molecular weight excluding hydrogens is 512 g/mol. The number of carbonyl (C=O) groups is 1. The largest absolute Gasteiger partial charge is 0.496 e. The lowest BCUT2D eigenvalue weighted by atomic mass is 9.96. The van der Waals surface area contributed by atoms with E-state index in [-0.39, 0.29) is 41.7 Å². The number of nitrogens with one attached hydrogen (secondary N) is 1. The number of aromatic nitrogens is 4. The monoisotopic (exact) mass is 540 g/mol. The standard InChI is InChI=1S/C24H28F4N6O4/c1-22(2,3)38-21(35)33-11-14(25)16(12-33)32-19-9-29-7-15(31-19)17-8-30-20-6-18(37-5)13(10-34(17)20)23(4,36)24(26,27)28/h6-10,14,16,36H,11-12H2,1-5H3,(H,31,32)/t14-,16-,23?/m0/s1. The van der Waals surface area contributed by atoms with Crippen LogP contribution in [0.25, 0.3) is 17.0 Å². The second kappa shape index (κ2) is 9.57. The summed E-state index contributed by atoms with van der Waals surface area (Å²) in [5.41, 5.74) is -3.71. The first kappa shape index (κ1) is 27.4. The van der Waals surface area contributed by atoms with Crippen molar-refractivity contribution in [2.45, 2.75) is 57.3 Å². The molecule has 10 nitrogen and oxygen atoms in total. The fraction of sp³-hybridized carbons (Fsp3) is 0.500. The molecule has 38 heavy (non-hydrogen) atoms. The summed E-state index contributed by atoms with van der Waals surface area (Å²) in [6, 6.07) is 0.485. The highest BCUT2D eigenvalue weighted by atomic mass is 19.4. The molecule has 14 heteroatoms. The van der Waals surface area contributed by atoms with Crippen LogP contribution in [0.1, 0.15) is 33.3 Å². The number of fused-ring (bicyclic) bond motifs is 1. The molecule has 1 unspecified atom stereocenters. The number of amides is 1. The molecule has 0 aromatic carbocycles. The summed E-state index contributed by atoms with van der Waals surface area (Å²) in [5, 5.41) is 13.2. The number of anilines is 1. The first-order chi connectivity index (χ1) is 17.6. The number of hydrogen-bond acceptors (Lipinski definition) is 8. The molecule has 3 aromatic rings. The Bertz CT molecular complexity index is 1340. The Balaban J connectivity index is 1.62. The van der Waals surface area contributed by atoms with Crippen LogP contribution in [0, 0.1) is 0 Å². The molecule has 0 bridgehead atoms. The van der Waals surface area contributed by atoms with Crippen LogP contribution in [-0.4, -0.2) is 79.6 Å². The van der Waals surface area contributed by atoms with E-state index in [1.807, 2.05) is 0 Å². The van der Waals surface area contributed by atoms with E-state index in [4.69, 9.17) is 9.47 Å². The first-order valence-corrected chi connectivity index (χ1v) is 11.7. The van der Waals surface area contributed by atoms with Crippen molar-refractivity contribution in [2.75, 3.05) is 25.5 Å². The van der Waals surface area contributed by atoms with E-state index in [0.717, 1.165) is 6.20 Å². The Morgan fingerprint density at radius 3 is 2.50 bits per heavy atom. The van der Waals surface area contributed by atoms with Crippen molar-refractivity contribution < 1.29 is 36.9 Å². The number of imidazole rings is 1. The number of ether oxygens (including phenoxy) is 2. The van der Waals surface area contributed by atoms with Crippen molar-refractivity contribution in [3.63, 3.8) is 0 Å². The third-order valence-corrected chi connectivity index (χ3v) is 6.04. The molecule has 1 amide bonds. The highest BCUT2D eigenvalue weighted by molar-refractivity contribution is 5.69. The van der Waals surface area contributed by atoms with E-state index >= 15 is 0 Å². The third kappa shape index (κ3) is 5.30. The van der Waals surface area contributed by atoms with Gasteiger partial charge in [-0.25, -0.2) is 19.2 Å². The molecule has 0 spiro atoms. The molecule has 1 aliphatic rings. The van der Waals surface area contributed by atoms with Crippen molar-refractivity contribution in [1.82, 2.24) is 24.3 Å². The second-order valence-corrected chi connectivity index (χ2v) is 10.1. The summed E-state index contributed by atoms with van der Waals surface area (Å²) in [6.45, 7) is 5.66. The average Bonchev–Trinajstić information content (AvgIpc) is 3.39. The van der Waals surface area contributed by atoms with E-state index in [0.29, 0.717) is 6.92 Å². The van der Waals surface area contributed by atoms with E-state index in [2.05, 4.69) is 20.3 Å². The van der Waals surface area contributed by atoms with E-state index < -0.39 is 41.2 Å². The normalized spacial score (nSPS) is 19.9. The van der Waals surface area contributed by atoms with E-state index in [1.54, 1.807) is 20.8 Å². The summed E-state index contributed by atoms with van der Waals surface area (Å²) in [6.07, 6.45) is -1.81. The number of aliphatic hydroxyl groups is 1. The molecule has 4 rings (SSSR count). The number of rotatable bonds is 5. The van der Waals surface area contributed by atoms with Crippen LogP contribution in [0.4, 0.5) is 28.2 Å². The van der Waals surface area contributed by atoms with Crippen LogP contribution < -0.4 is 10.1 Å². The fourth-order valence-electron chi connectivity index (χ4n) is 4.01. The smallest absolute Gasteiger partial charge is 0.421 e. The molecule has 0 radical (unpaired) electrons. The minimum absolute atomic E-state index is 0.0350. The van der Waals surface area contributed by atoms with E-state index in [9.17, 15) is 27.5 Å². The van der Waals surface area contributed by atoms with Crippen LogP contribution >= 0.6 is 0 Å². The summed E-state index contributed by atoms with van der Waals surface area (Å²) in [4.78, 5) is 26.3. The summed E-state index contributed by atoms with van der Waals surface area (Å²) in [5.74, 6) is -0.00426. The van der Waals surface area contributed by atoms with Gasteiger partial charge in [-0.15, -0.1) is 0 Å². The minimum atomic E-state index is -4.98. The molecule has 3 aromatic heterocycles. The number of likely N-dealkylation sites (tertiary alicyclic amines) is 1. The third-order valence-electron chi connectivity index (χ3n) is 6.04. The van der Waals surface area contributed by atoms with Crippen LogP contribution in [0.3, 0.4) is 0 Å². The zero-order valence-electron chi connectivity index (χ0n) is 21.4. The predicted molar refractivity (Wildman–Crippen MR) is 129 cm³/mol. The Hall–Kier alpha value is -3.68. The summed E-state index contributed by atoms with van der Waals surface area (Å²) < 4.78 is 67.2. The van der Waals surface area contributed by atoms with E-state index in [1.165, 1.54) is 41.1 Å². The molecule has 3 atom stereocenters. The molecule has 4 heterocycles. The van der Waals surface area contributed by atoms with Crippen molar-refractivity contribution in [1.29, 1.82) is 0 Å². The SMILES string of the molecule is COc1cc2ncc(-c3cncc(N[C@H]4CN(C(=O)OC(C)(C)C)C[C@@H]4F)n3)n2cc1C(C)(O)C(F)(F)F. The van der Waals surface area contributed by atoms with Gasteiger partial charge in [0.1, 0.15) is 34.7 Å². The lowest BCUT2D eigenvalue weighted by molar-refractivity contribution is -0.259. The lowest BCUT2D eigenvalue weighted by Gasteiger charge is -2.28. The van der Waals surface area contributed by atoms with Gasteiger partial charge in [-0.2, -0.15) is 13.2 Å². The minimum Gasteiger partial charge on any atom is -0.496 e. The van der Waals surface area contributed by atoms with Gasteiger partial charge in [0.15, 0.2) is 5.60 Å². The highest BCUT2D eigenvalue weighted by Crippen LogP contribution is 2.43. The van der Waals surface area contributed by atoms with Gasteiger partial charge in [0.05, 0.1) is 49.5 Å². The van der Waals surface area contributed by atoms with Gasteiger partial charge in [-0.3, -0.25) is 9.38 Å². The molecule has 1 saturated heterocycles. The van der Waals surface area contributed by atoms with Crippen LogP contribution in [-0.2, 0) is 10.3 Å². The van der Waals surface area contributed by atoms with Gasteiger partial charge in [0.2, 0.25) is 0 Å². The fourth-order valence-corrected chi connectivity index (χ4v) is 4.01. The van der Waals surface area contributed by atoms with Gasteiger partial charge in [0, 0.05) is 18.8 Å². The highest BCUT2D eigenvalue weighted by Gasteiger charge is 2.53. The summed E-state index contributed by atoms with van der Waals surface area (Å²) >= 11 is 0. The zero-order valence-corrected chi connectivity index (χ0v) is 21.4. The van der Waals surface area contributed by atoms with Crippen LogP contribution in [0.15, 0.2) is 30.9 Å². The number of nitrogens with zero attached hydrogens (tertiary/aromatic N) is 5. The lowest BCUT2D eigenvalue weighted by Crippen LogP contribution is -2.39. The van der Waals surface area contributed by atoms with Crippen molar-refractivity contribution >= 4 is 17.6 Å². The van der Waals surface area contributed by atoms with Crippen molar-refractivity contribution in [2.24, 2.45) is 0 Å². The Kier molecular flexibility index (Phi) is 6.89. The molecule has 2 N–H and O–H groups in total. The molecule has 1 fully saturated rings. The number of halogens is 4. The number of hydrogen-bond donors (Lipinski definition) is 2. The number of alkyl halides is 4. The first-order valence-electron chi connectivity index (χ1n) is 11.7. The van der Waals surface area contributed by atoms with Gasteiger partial charge in [0.25, 0.3) is 0 Å². The Labute approximate surface area is 215 Å². The van der Waals surface area contributed by atoms with Gasteiger partial charge in [-0.1, -0.05) is 0 Å². The summed E-state index contributed by atoms with van der Waals surface area (Å²) in [7, 11) is 1.19. The topological polar surface area (TPSA) is 114 Å². The predicted octanol–water partition coefficient (Wildman–Crippen LogP) is 3.94. The molecule has 1 aliphatic heterocycles. The molecular formula is C24H28F4N6O4. The maximum absolute atomic E-state index is 14.7. The van der Waals surface area contributed by atoms with Gasteiger partial charge in [-0.05, 0) is 27.7 Å².